The van der Waals surface area contributed by atoms with Crippen LogP contribution in [-0.4, -0.2) is 66.7 Å². The van der Waals surface area contributed by atoms with Gasteiger partial charge in [-0.1, -0.05) is 0 Å². The normalized spacial score (nSPS) is 11.2. The van der Waals surface area contributed by atoms with Crippen LogP contribution in [-0.2, 0) is 19.1 Å². The fourth-order valence-electron chi connectivity index (χ4n) is 1.44. The van der Waals surface area contributed by atoms with E-state index in [9.17, 15) is 19.2 Å². The van der Waals surface area contributed by atoms with Gasteiger partial charge in [-0.25, -0.2) is 9.59 Å². The van der Waals surface area contributed by atoms with Crippen molar-refractivity contribution >= 4 is 23.9 Å². The molecule has 0 fully saturated rings. The quantitative estimate of drug-likeness (QED) is 0.503. The van der Waals surface area contributed by atoms with E-state index in [2.05, 4.69) is 15.4 Å². The van der Waals surface area contributed by atoms with Crippen LogP contribution in [0.3, 0.4) is 0 Å². The smallest absolute Gasteiger partial charge is 0.326 e. The number of carboxylic acid groups (broad SMARTS) is 1. The SMILES string of the molecule is CCNC(=O)CN(CC)C(=O)N[C@@H](CC(=O)OC)C(=O)O. The van der Waals surface area contributed by atoms with Gasteiger partial charge in [-0.05, 0) is 13.8 Å². The van der Waals surface area contributed by atoms with Gasteiger partial charge in [-0.2, -0.15) is 0 Å². The van der Waals surface area contributed by atoms with Crippen molar-refractivity contribution < 1.29 is 29.0 Å². The fraction of sp³-hybridized carbons (Fsp3) is 0.667. The number of hydrogen-bond acceptors (Lipinski definition) is 5. The zero-order valence-corrected chi connectivity index (χ0v) is 12.3. The highest BCUT2D eigenvalue weighted by atomic mass is 16.5. The molecule has 120 valence electrons. The molecule has 0 aromatic carbocycles. The number of ether oxygens (including phenoxy) is 1. The summed E-state index contributed by atoms with van der Waals surface area (Å²) in [6, 6.07) is -2.15. The van der Waals surface area contributed by atoms with Crippen LogP contribution >= 0.6 is 0 Å². The average molecular weight is 303 g/mol. The Kier molecular flexibility index (Phi) is 8.51. The first-order valence-corrected chi connectivity index (χ1v) is 6.47. The van der Waals surface area contributed by atoms with Gasteiger partial charge in [0.2, 0.25) is 5.91 Å². The van der Waals surface area contributed by atoms with E-state index in [4.69, 9.17) is 5.11 Å². The second-order valence-electron chi connectivity index (χ2n) is 4.09. The molecular weight excluding hydrogens is 282 g/mol. The first kappa shape index (κ1) is 18.7. The standard InChI is InChI=1S/C12H21N3O6/c1-4-13-9(16)7-15(5-2)12(20)14-8(11(18)19)6-10(17)21-3/h8H,4-7H2,1-3H3,(H,13,16)(H,14,20)(H,18,19)/t8-/m0/s1. The van der Waals surface area contributed by atoms with Gasteiger partial charge in [-0.15, -0.1) is 0 Å². The summed E-state index contributed by atoms with van der Waals surface area (Å²) in [5.41, 5.74) is 0. The van der Waals surface area contributed by atoms with E-state index in [0.29, 0.717) is 6.54 Å². The number of methoxy groups -OCH3 is 1. The molecule has 0 heterocycles. The lowest BCUT2D eigenvalue weighted by Gasteiger charge is -2.23. The Balaban J connectivity index is 4.66. The minimum Gasteiger partial charge on any atom is -0.480 e. The second-order valence-corrected chi connectivity index (χ2v) is 4.09. The molecule has 0 aliphatic rings. The van der Waals surface area contributed by atoms with Crippen molar-refractivity contribution in [3.05, 3.63) is 0 Å². The highest BCUT2D eigenvalue weighted by Gasteiger charge is 2.26. The van der Waals surface area contributed by atoms with Crippen LogP contribution in [0.15, 0.2) is 0 Å². The van der Waals surface area contributed by atoms with Crippen molar-refractivity contribution in [3.8, 4) is 0 Å². The number of nitrogens with zero attached hydrogens (tertiary/aromatic N) is 1. The Bertz CT molecular complexity index is 398. The molecule has 0 bridgehead atoms. The lowest BCUT2D eigenvalue weighted by molar-refractivity contribution is -0.147. The molecule has 0 aliphatic carbocycles. The highest BCUT2D eigenvalue weighted by molar-refractivity contribution is 5.88. The highest BCUT2D eigenvalue weighted by Crippen LogP contribution is 1.98. The van der Waals surface area contributed by atoms with E-state index in [1.54, 1.807) is 13.8 Å². The van der Waals surface area contributed by atoms with Gasteiger partial charge in [0.25, 0.3) is 0 Å². The fourth-order valence-corrected chi connectivity index (χ4v) is 1.44. The molecule has 21 heavy (non-hydrogen) atoms. The number of carbonyl (C=O) groups is 4. The molecule has 0 saturated heterocycles. The molecule has 0 rings (SSSR count). The third kappa shape index (κ3) is 7.14. The monoisotopic (exact) mass is 303 g/mol. The molecule has 3 N–H and O–H groups in total. The van der Waals surface area contributed by atoms with Gasteiger partial charge in [0.05, 0.1) is 13.5 Å². The number of aliphatic carboxylic acids is 1. The van der Waals surface area contributed by atoms with E-state index in [1.165, 1.54) is 0 Å². The van der Waals surface area contributed by atoms with E-state index in [0.717, 1.165) is 12.0 Å². The van der Waals surface area contributed by atoms with Gasteiger partial charge in [0.15, 0.2) is 0 Å². The number of likely N-dealkylation sites (N-methyl/N-ethyl adjacent to an activating group) is 2. The molecule has 9 nitrogen and oxygen atoms in total. The zero-order chi connectivity index (χ0) is 16.4. The predicted octanol–water partition coefficient (Wildman–Crippen LogP) is -0.830. The molecule has 3 amide bonds. The number of esters is 1. The lowest BCUT2D eigenvalue weighted by atomic mass is 10.2. The van der Waals surface area contributed by atoms with Crippen LogP contribution in [0, 0.1) is 0 Å². The number of rotatable bonds is 8. The summed E-state index contributed by atoms with van der Waals surface area (Å²) in [6.45, 7) is 3.84. The average Bonchev–Trinajstić information content (AvgIpc) is 2.43. The topological polar surface area (TPSA) is 125 Å². The summed E-state index contributed by atoms with van der Waals surface area (Å²) in [5, 5.41) is 13.7. The van der Waals surface area contributed by atoms with Gasteiger partial charge < -0.3 is 25.4 Å². The zero-order valence-electron chi connectivity index (χ0n) is 12.3. The molecular formula is C12H21N3O6. The Hall–Kier alpha value is -2.32. The summed E-state index contributed by atoms with van der Waals surface area (Å²) in [7, 11) is 1.12. The Morgan fingerprint density at radius 2 is 1.86 bits per heavy atom. The predicted molar refractivity (Wildman–Crippen MR) is 72.5 cm³/mol. The molecule has 9 heteroatoms. The summed E-state index contributed by atoms with van der Waals surface area (Å²) < 4.78 is 4.36. The minimum absolute atomic E-state index is 0.194. The summed E-state index contributed by atoms with van der Waals surface area (Å²) in [6.07, 6.45) is -0.490. The third-order valence-electron chi connectivity index (χ3n) is 2.57. The van der Waals surface area contributed by atoms with Gasteiger partial charge in [0.1, 0.15) is 12.6 Å². The summed E-state index contributed by atoms with van der Waals surface area (Å²) in [5.74, 6) is -2.47. The van der Waals surface area contributed by atoms with E-state index in [1.807, 2.05) is 0 Å². The summed E-state index contributed by atoms with van der Waals surface area (Å²) in [4.78, 5) is 46.6. The molecule has 0 aromatic rings. The van der Waals surface area contributed by atoms with Crippen molar-refractivity contribution in [1.29, 1.82) is 0 Å². The van der Waals surface area contributed by atoms with Crippen molar-refractivity contribution in [2.45, 2.75) is 26.3 Å². The number of urea groups is 1. The molecule has 0 aromatic heterocycles. The van der Waals surface area contributed by atoms with Crippen LogP contribution in [0.1, 0.15) is 20.3 Å². The van der Waals surface area contributed by atoms with Crippen LogP contribution < -0.4 is 10.6 Å². The first-order valence-electron chi connectivity index (χ1n) is 6.47. The lowest BCUT2D eigenvalue weighted by Crippen LogP contribution is -2.51. The molecule has 0 radical (unpaired) electrons. The Morgan fingerprint density at radius 3 is 2.29 bits per heavy atom. The molecule has 1 atom stereocenters. The van der Waals surface area contributed by atoms with E-state index < -0.39 is 30.4 Å². The van der Waals surface area contributed by atoms with E-state index in [-0.39, 0.29) is 19.0 Å². The maximum Gasteiger partial charge on any atom is 0.326 e. The number of hydrogen-bond donors (Lipinski definition) is 3. The maximum atomic E-state index is 11.9. The van der Waals surface area contributed by atoms with Crippen molar-refractivity contribution in [2.24, 2.45) is 0 Å². The van der Waals surface area contributed by atoms with Crippen molar-refractivity contribution in [2.75, 3.05) is 26.7 Å². The number of carbonyl (C=O) groups excluding carboxylic acids is 3. The number of carboxylic acids is 1. The van der Waals surface area contributed by atoms with Gasteiger partial charge >= 0.3 is 18.0 Å². The molecule has 0 spiro atoms. The van der Waals surface area contributed by atoms with Crippen LogP contribution in [0.2, 0.25) is 0 Å². The first-order chi connectivity index (χ1) is 9.85. The largest absolute Gasteiger partial charge is 0.480 e. The molecule has 0 unspecified atom stereocenters. The van der Waals surface area contributed by atoms with Gasteiger partial charge in [0, 0.05) is 13.1 Å². The number of nitrogens with one attached hydrogen (secondary N) is 2. The minimum atomic E-state index is -1.41. The Morgan fingerprint density at radius 1 is 1.24 bits per heavy atom. The number of amides is 3. The van der Waals surface area contributed by atoms with Crippen molar-refractivity contribution in [3.63, 3.8) is 0 Å². The van der Waals surface area contributed by atoms with Crippen LogP contribution in [0.4, 0.5) is 4.79 Å². The van der Waals surface area contributed by atoms with Gasteiger partial charge in [-0.3, -0.25) is 9.59 Å². The maximum absolute atomic E-state index is 11.9. The molecule has 0 saturated carbocycles. The van der Waals surface area contributed by atoms with Crippen molar-refractivity contribution in [1.82, 2.24) is 15.5 Å². The molecule has 0 aliphatic heterocycles. The van der Waals surface area contributed by atoms with Crippen LogP contribution in [0.5, 0.6) is 0 Å². The summed E-state index contributed by atoms with van der Waals surface area (Å²) >= 11 is 0. The second kappa shape index (κ2) is 9.56. The van der Waals surface area contributed by atoms with E-state index >= 15 is 0 Å². The third-order valence-corrected chi connectivity index (χ3v) is 2.57. The Labute approximate surface area is 122 Å². The van der Waals surface area contributed by atoms with Crippen LogP contribution in [0.25, 0.3) is 0 Å².